The van der Waals surface area contributed by atoms with E-state index in [-0.39, 0.29) is 0 Å². The zero-order chi connectivity index (χ0) is 17.5. The monoisotopic (exact) mass is 343 g/mol. The summed E-state index contributed by atoms with van der Waals surface area (Å²) in [6.07, 6.45) is 9.05. The van der Waals surface area contributed by atoms with Crippen LogP contribution in [-0.4, -0.2) is 35.4 Å². The highest BCUT2D eigenvalue weighted by atomic mass is 16.5. The van der Waals surface area contributed by atoms with Crippen molar-refractivity contribution in [3.05, 3.63) is 24.4 Å². The predicted molar refractivity (Wildman–Crippen MR) is 97.8 cm³/mol. The number of methoxy groups -OCH3 is 2. The maximum absolute atomic E-state index is 5.39. The van der Waals surface area contributed by atoms with Crippen molar-refractivity contribution in [3.63, 3.8) is 0 Å². The third-order valence-corrected chi connectivity index (χ3v) is 4.42. The van der Waals surface area contributed by atoms with Crippen molar-refractivity contribution in [3.8, 4) is 11.5 Å². The molecule has 7 nitrogen and oxygen atoms in total. The lowest BCUT2D eigenvalue weighted by atomic mass is 10.1. The second kappa shape index (κ2) is 8.50. The summed E-state index contributed by atoms with van der Waals surface area (Å²) in [4.78, 5) is 4.53. The predicted octanol–water partition coefficient (Wildman–Crippen LogP) is 3.77. The Morgan fingerprint density at radius 1 is 1.04 bits per heavy atom. The molecule has 0 amide bonds. The lowest BCUT2D eigenvalue weighted by molar-refractivity contribution is 0.405. The summed E-state index contributed by atoms with van der Waals surface area (Å²) in [5.74, 6) is 2.61. The molecule has 1 aliphatic carbocycles. The fraction of sp³-hybridized carbons (Fsp3) is 0.500. The van der Waals surface area contributed by atoms with Crippen molar-refractivity contribution in [2.75, 3.05) is 24.9 Å². The molecule has 1 aromatic heterocycles. The van der Waals surface area contributed by atoms with E-state index in [1.165, 1.54) is 25.7 Å². The summed E-state index contributed by atoms with van der Waals surface area (Å²) >= 11 is 0. The highest BCUT2D eigenvalue weighted by molar-refractivity contribution is 5.66. The fourth-order valence-electron chi connectivity index (χ4n) is 3.08. The second-order valence-electron chi connectivity index (χ2n) is 6.19. The van der Waals surface area contributed by atoms with Gasteiger partial charge in [-0.15, -0.1) is 5.10 Å². The molecule has 2 N–H and O–H groups in total. The Kier molecular flexibility index (Phi) is 5.87. The van der Waals surface area contributed by atoms with Crippen LogP contribution in [0.5, 0.6) is 11.5 Å². The molecule has 1 saturated carbocycles. The van der Waals surface area contributed by atoms with Gasteiger partial charge in [0.1, 0.15) is 11.5 Å². The van der Waals surface area contributed by atoms with Crippen molar-refractivity contribution in [2.24, 2.45) is 0 Å². The molecule has 0 bridgehead atoms. The largest absolute Gasteiger partial charge is 0.497 e. The van der Waals surface area contributed by atoms with Crippen LogP contribution < -0.4 is 20.1 Å². The van der Waals surface area contributed by atoms with Crippen LogP contribution in [0.3, 0.4) is 0 Å². The van der Waals surface area contributed by atoms with Gasteiger partial charge in [0.15, 0.2) is 5.82 Å². The molecule has 2 aromatic rings. The fourth-order valence-corrected chi connectivity index (χ4v) is 3.08. The van der Waals surface area contributed by atoms with Crippen LogP contribution in [0.25, 0.3) is 0 Å². The van der Waals surface area contributed by atoms with Gasteiger partial charge in [0.05, 0.1) is 26.1 Å². The van der Waals surface area contributed by atoms with E-state index < -0.39 is 0 Å². The molecule has 1 heterocycles. The van der Waals surface area contributed by atoms with E-state index in [4.69, 9.17) is 9.47 Å². The van der Waals surface area contributed by atoms with Crippen LogP contribution in [0.15, 0.2) is 24.4 Å². The average Bonchev–Trinajstić information content (AvgIpc) is 2.90. The van der Waals surface area contributed by atoms with Gasteiger partial charge in [0.2, 0.25) is 5.95 Å². The standard InChI is InChI=1S/C18H25N5O2/c1-24-14-9-10-16(25-2)15(11-14)21-17-12-19-23-18(22-17)20-13-7-5-3-4-6-8-13/h9-13H,3-8H2,1-2H3,(H2,20,21,22,23). The Morgan fingerprint density at radius 2 is 1.84 bits per heavy atom. The number of nitrogens with zero attached hydrogens (tertiary/aromatic N) is 3. The third kappa shape index (κ3) is 4.71. The van der Waals surface area contributed by atoms with E-state index in [2.05, 4.69) is 25.8 Å². The summed E-state index contributed by atoms with van der Waals surface area (Å²) < 4.78 is 10.7. The number of anilines is 3. The zero-order valence-corrected chi connectivity index (χ0v) is 14.8. The number of hydrogen-bond acceptors (Lipinski definition) is 7. The van der Waals surface area contributed by atoms with Crippen LogP contribution in [0.2, 0.25) is 0 Å². The minimum atomic E-state index is 0.422. The van der Waals surface area contributed by atoms with Crippen molar-refractivity contribution in [2.45, 2.75) is 44.6 Å². The molecule has 7 heteroatoms. The lowest BCUT2D eigenvalue weighted by Crippen LogP contribution is -2.20. The molecule has 0 aliphatic heterocycles. The molecular formula is C18H25N5O2. The van der Waals surface area contributed by atoms with E-state index in [9.17, 15) is 0 Å². The first-order valence-corrected chi connectivity index (χ1v) is 8.74. The number of aromatic nitrogens is 3. The molecule has 0 radical (unpaired) electrons. The quantitative estimate of drug-likeness (QED) is 0.773. The van der Waals surface area contributed by atoms with Gasteiger partial charge in [-0.3, -0.25) is 0 Å². The van der Waals surface area contributed by atoms with Gasteiger partial charge in [-0.1, -0.05) is 25.7 Å². The van der Waals surface area contributed by atoms with Gasteiger partial charge >= 0.3 is 0 Å². The molecule has 1 aromatic carbocycles. The Hall–Kier alpha value is -2.57. The van der Waals surface area contributed by atoms with Crippen LogP contribution in [0.1, 0.15) is 38.5 Å². The molecule has 1 aliphatic rings. The Labute approximate surface area is 148 Å². The van der Waals surface area contributed by atoms with Crippen LogP contribution in [0.4, 0.5) is 17.5 Å². The van der Waals surface area contributed by atoms with Gasteiger partial charge < -0.3 is 20.1 Å². The SMILES string of the molecule is COc1ccc(OC)c(Nc2cnnc(NC3CCCCCC3)n2)c1. The summed E-state index contributed by atoms with van der Waals surface area (Å²) in [5, 5.41) is 14.8. The summed E-state index contributed by atoms with van der Waals surface area (Å²) in [6.45, 7) is 0. The molecule has 0 saturated heterocycles. The molecule has 3 rings (SSSR count). The minimum Gasteiger partial charge on any atom is -0.497 e. The molecule has 0 unspecified atom stereocenters. The van der Waals surface area contributed by atoms with Crippen LogP contribution >= 0.6 is 0 Å². The number of nitrogens with one attached hydrogen (secondary N) is 2. The smallest absolute Gasteiger partial charge is 0.244 e. The summed E-state index contributed by atoms with van der Waals surface area (Å²) in [7, 11) is 3.26. The van der Waals surface area contributed by atoms with E-state index in [0.29, 0.717) is 23.6 Å². The van der Waals surface area contributed by atoms with Crippen molar-refractivity contribution < 1.29 is 9.47 Å². The van der Waals surface area contributed by atoms with Gasteiger partial charge in [-0.2, -0.15) is 10.1 Å². The number of rotatable bonds is 6. The Balaban J connectivity index is 1.73. The van der Waals surface area contributed by atoms with Crippen LogP contribution in [-0.2, 0) is 0 Å². The normalized spacial score (nSPS) is 15.3. The van der Waals surface area contributed by atoms with Gasteiger partial charge in [0.25, 0.3) is 0 Å². The summed E-state index contributed by atoms with van der Waals surface area (Å²) in [6, 6.07) is 5.98. The molecule has 0 atom stereocenters. The van der Waals surface area contributed by atoms with Gasteiger partial charge in [-0.05, 0) is 25.0 Å². The average molecular weight is 343 g/mol. The highest BCUT2D eigenvalue weighted by Crippen LogP contribution is 2.31. The molecular weight excluding hydrogens is 318 g/mol. The number of hydrogen-bond donors (Lipinski definition) is 2. The van der Waals surface area contributed by atoms with Crippen molar-refractivity contribution >= 4 is 17.5 Å². The minimum absolute atomic E-state index is 0.422. The first-order chi connectivity index (χ1) is 12.3. The second-order valence-corrected chi connectivity index (χ2v) is 6.19. The van der Waals surface area contributed by atoms with Crippen molar-refractivity contribution in [1.82, 2.24) is 15.2 Å². The van der Waals surface area contributed by atoms with E-state index in [1.807, 2.05) is 18.2 Å². The molecule has 1 fully saturated rings. The number of ether oxygens (including phenoxy) is 2. The maximum Gasteiger partial charge on any atom is 0.244 e. The highest BCUT2D eigenvalue weighted by Gasteiger charge is 2.14. The number of benzene rings is 1. The zero-order valence-electron chi connectivity index (χ0n) is 14.8. The lowest BCUT2D eigenvalue weighted by Gasteiger charge is -2.16. The van der Waals surface area contributed by atoms with Gasteiger partial charge in [-0.25, -0.2) is 0 Å². The van der Waals surface area contributed by atoms with E-state index in [0.717, 1.165) is 24.3 Å². The molecule has 0 spiro atoms. The third-order valence-electron chi connectivity index (χ3n) is 4.42. The van der Waals surface area contributed by atoms with E-state index in [1.54, 1.807) is 20.4 Å². The topological polar surface area (TPSA) is 81.2 Å². The summed E-state index contributed by atoms with van der Waals surface area (Å²) in [5.41, 5.74) is 0.766. The maximum atomic E-state index is 5.39. The first-order valence-electron chi connectivity index (χ1n) is 8.74. The molecule has 134 valence electrons. The van der Waals surface area contributed by atoms with Crippen molar-refractivity contribution in [1.29, 1.82) is 0 Å². The van der Waals surface area contributed by atoms with Gasteiger partial charge in [0, 0.05) is 12.1 Å². The Bertz CT molecular complexity index is 687. The molecule has 25 heavy (non-hydrogen) atoms. The van der Waals surface area contributed by atoms with E-state index >= 15 is 0 Å². The Morgan fingerprint density at radius 3 is 2.56 bits per heavy atom. The van der Waals surface area contributed by atoms with Crippen LogP contribution in [0, 0.1) is 0 Å². The first kappa shape index (κ1) is 17.3.